The Morgan fingerprint density at radius 3 is 2.06 bits per heavy atom. The highest BCUT2D eigenvalue weighted by molar-refractivity contribution is 7.25. The minimum absolute atomic E-state index is 0.870. The van der Waals surface area contributed by atoms with Gasteiger partial charge in [-0.2, -0.15) is 0 Å². The van der Waals surface area contributed by atoms with Gasteiger partial charge in [-0.25, -0.2) is 0 Å². The molecule has 10 aromatic rings. The van der Waals surface area contributed by atoms with Crippen LogP contribution in [0.2, 0.25) is 0 Å². The van der Waals surface area contributed by atoms with Crippen LogP contribution in [0.15, 0.2) is 180 Å². The molecule has 3 heteroatoms. The van der Waals surface area contributed by atoms with Crippen molar-refractivity contribution in [2.24, 2.45) is 0 Å². The minimum atomic E-state index is 0.870. The van der Waals surface area contributed by atoms with Crippen molar-refractivity contribution in [2.45, 2.75) is 0 Å². The van der Waals surface area contributed by atoms with E-state index in [1.165, 1.54) is 42.1 Å². The Morgan fingerprint density at radius 2 is 1.10 bits per heavy atom. The van der Waals surface area contributed by atoms with Gasteiger partial charge in [0.2, 0.25) is 0 Å². The Kier molecular flexibility index (Phi) is 6.39. The third kappa shape index (κ3) is 4.62. The van der Waals surface area contributed by atoms with E-state index in [0.717, 1.165) is 50.1 Å². The minimum Gasteiger partial charge on any atom is -0.454 e. The van der Waals surface area contributed by atoms with E-state index in [1.54, 1.807) is 0 Å². The van der Waals surface area contributed by atoms with Crippen LogP contribution in [0.4, 0.5) is 17.1 Å². The molecule has 0 atom stereocenters. The monoisotopic (exact) mass is 643 g/mol. The summed E-state index contributed by atoms with van der Waals surface area (Å²) in [6.07, 6.45) is 0. The van der Waals surface area contributed by atoms with Crippen molar-refractivity contribution in [3.05, 3.63) is 176 Å². The van der Waals surface area contributed by atoms with Crippen molar-refractivity contribution in [1.82, 2.24) is 0 Å². The zero-order chi connectivity index (χ0) is 32.3. The van der Waals surface area contributed by atoms with E-state index in [1.807, 2.05) is 17.4 Å². The molecule has 2 heterocycles. The first kappa shape index (κ1) is 27.9. The summed E-state index contributed by atoms with van der Waals surface area (Å²) in [5.41, 5.74) is 9.60. The molecule has 2 aromatic heterocycles. The molecule has 230 valence electrons. The van der Waals surface area contributed by atoms with Crippen LogP contribution in [0.3, 0.4) is 0 Å². The van der Waals surface area contributed by atoms with Gasteiger partial charge in [-0.3, -0.25) is 0 Å². The van der Waals surface area contributed by atoms with Gasteiger partial charge in [0.15, 0.2) is 5.58 Å². The molecule has 0 saturated carbocycles. The summed E-state index contributed by atoms with van der Waals surface area (Å²) in [6.45, 7) is 0. The van der Waals surface area contributed by atoms with Crippen LogP contribution in [0.25, 0.3) is 75.1 Å². The molecule has 0 bridgehead atoms. The van der Waals surface area contributed by atoms with Gasteiger partial charge in [-0.1, -0.05) is 127 Å². The highest BCUT2D eigenvalue weighted by Gasteiger charge is 2.22. The third-order valence-electron chi connectivity index (χ3n) is 9.65. The predicted molar refractivity (Wildman–Crippen MR) is 210 cm³/mol. The Balaban J connectivity index is 1.21. The second kappa shape index (κ2) is 11.2. The van der Waals surface area contributed by atoms with Gasteiger partial charge in [0.25, 0.3) is 0 Å². The number of fused-ring (bicyclic) bond motifs is 7. The van der Waals surface area contributed by atoms with Crippen LogP contribution < -0.4 is 4.90 Å². The summed E-state index contributed by atoms with van der Waals surface area (Å²) in [5, 5.41) is 7.31. The number of para-hydroxylation sites is 3. The van der Waals surface area contributed by atoms with Crippen LogP contribution >= 0.6 is 11.3 Å². The van der Waals surface area contributed by atoms with Gasteiger partial charge in [-0.05, 0) is 76.0 Å². The topological polar surface area (TPSA) is 16.4 Å². The van der Waals surface area contributed by atoms with Crippen molar-refractivity contribution in [2.75, 3.05) is 4.90 Å². The third-order valence-corrected chi connectivity index (χ3v) is 10.8. The van der Waals surface area contributed by atoms with E-state index >= 15 is 0 Å². The maximum Gasteiger partial charge on any atom is 0.159 e. The van der Waals surface area contributed by atoms with E-state index in [2.05, 4.69) is 175 Å². The molecule has 0 amide bonds. The standard InChI is InChI=1S/C46H29NOS/c1-2-12-31-27-33(24-23-30(31)11-1)32-13-9-14-35(28-32)47(42-20-10-18-40-37-16-4-7-21-43(37)48-46(40)42)41-19-6-3-15-36(41)34-25-26-39-38-17-5-8-22-44(38)49-45(39)29-34/h1-29H. The second-order valence-corrected chi connectivity index (χ2v) is 13.6. The van der Waals surface area contributed by atoms with Crippen LogP contribution in [-0.4, -0.2) is 0 Å². The lowest BCUT2D eigenvalue weighted by atomic mass is 9.98. The Labute approximate surface area is 287 Å². The molecule has 0 fully saturated rings. The van der Waals surface area contributed by atoms with E-state index < -0.39 is 0 Å². The summed E-state index contributed by atoms with van der Waals surface area (Å²) in [4.78, 5) is 2.37. The molecule has 0 radical (unpaired) electrons. The molecule has 10 rings (SSSR count). The average molecular weight is 644 g/mol. The predicted octanol–water partition coefficient (Wildman–Crippen LogP) is 13.9. The van der Waals surface area contributed by atoms with Crippen molar-refractivity contribution in [3.63, 3.8) is 0 Å². The fourth-order valence-corrected chi connectivity index (χ4v) is 8.46. The highest BCUT2D eigenvalue weighted by Crippen LogP contribution is 2.47. The van der Waals surface area contributed by atoms with Crippen LogP contribution in [0, 0.1) is 0 Å². The van der Waals surface area contributed by atoms with E-state index in [0.29, 0.717) is 0 Å². The Morgan fingerprint density at radius 1 is 0.408 bits per heavy atom. The molecule has 0 N–H and O–H groups in total. The number of anilines is 3. The SMILES string of the molecule is c1cc(-c2ccc3ccccc3c2)cc(N(c2ccccc2-c2ccc3c(c2)sc2ccccc23)c2cccc3c2oc2ccccc23)c1. The first-order valence-electron chi connectivity index (χ1n) is 16.6. The molecule has 0 aliphatic carbocycles. The Hall–Kier alpha value is -6.16. The molecule has 0 saturated heterocycles. The zero-order valence-electron chi connectivity index (χ0n) is 26.5. The first-order valence-corrected chi connectivity index (χ1v) is 17.4. The van der Waals surface area contributed by atoms with Crippen LogP contribution in [-0.2, 0) is 0 Å². The Bertz CT molecular complexity index is 2860. The summed E-state index contributed by atoms with van der Waals surface area (Å²) < 4.78 is 9.27. The zero-order valence-corrected chi connectivity index (χ0v) is 27.3. The first-order chi connectivity index (χ1) is 24.3. The van der Waals surface area contributed by atoms with Gasteiger partial charge < -0.3 is 9.32 Å². The highest BCUT2D eigenvalue weighted by atomic mass is 32.1. The number of furan rings is 1. The second-order valence-electron chi connectivity index (χ2n) is 12.5. The molecule has 0 aliphatic rings. The molecule has 0 aliphatic heterocycles. The van der Waals surface area contributed by atoms with Gasteiger partial charge in [-0.15, -0.1) is 11.3 Å². The van der Waals surface area contributed by atoms with Gasteiger partial charge in [0.05, 0.1) is 11.4 Å². The largest absolute Gasteiger partial charge is 0.454 e. The number of benzene rings is 8. The summed E-state index contributed by atoms with van der Waals surface area (Å²) >= 11 is 1.85. The van der Waals surface area contributed by atoms with Crippen molar-refractivity contribution in [3.8, 4) is 22.3 Å². The molecular weight excluding hydrogens is 615 g/mol. The van der Waals surface area contributed by atoms with Gasteiger partial charge in [0.1, 0.15) is 5.58 Å². The van der Waals surface area contributed by atoms with E-state index in [4.69, 9.17) is 4.42 Å². The average Bonchev–Trinajstić information content (AvgIpc) is 3.74. The fourth-order valence-electron chi connectivity index (χ4n) is 7.32. The molecular formula is C46H29NOS. The van der Waals surface area contributed by atoms with Crippen molar-refractivity contribution < 1.29 is 4.42 Å². The normalized spacial score (nSPS) is 11.7. The number of thiophene rings is 1. The van der Waals surface area contributed by atoms with Gasteiger partial charge >= 0.3 is 0 Å². The number of rotatable bonds is 5. The maximum absolute atomic E-state index is 6.67. The summed E-state index contributed by atoms with van der Waals surface area (Å²) in [6, 6.07) is 63.3. The fraction of sp³-hybridized carbons (Fsp3) is 0. The van der Waals surface area contributed by atoms with Crippen LogP contribution in [0.5, 0.6) is 0 Å². The molecule has 0 spiro atoms. The lowest BCUT2D eigenvalue weighted by Crippen LogP contribution is -2.11. The molecule has 8 aromatic carbocycles. The number of hydrogen-bond donors (Lipinski definition) is 0. The van der Waals surface area contributed by atoms with E-state index in [-0.39, 0.29) is 0 Å². The number of nitrogens with zero attached hydrogens (tertiary/aromatic N) is 1. The molecule has 0 unspecified atom stereocenters. The lowest BCUT2D eigenvalue weighted by Gasteiger charge is -2.28. The summed E-state index contributed by atoms with van der Waals surface area (Å²) in [7, 11) is 0. The molecule has 2 nitrogen and oxygen atoms in total. The lowest BCUT2D eigenvalue weighted by molar-refractivity contribution is 0.669. The number of hydrogen-bond acceptors (Lipinski definition) is 3. The molecule has 49 heavy (non-hydrogen) atoms. The van der Waals surface area contributed by atoms with Crippen LogP contribution in [0.1, 0.15) is 0 Å². The summed E-state index contributed by atoms with van der Waals surface area (Å²) in [5.74, 6) is 0. The van der Waals surface area contributed by atoms with Crippen molar-refractivity contribution in [1.29, 1.82) is 0 Å². The quantitative estimate of drug-likeness (QED) is 0.186. The van der Waals surface area contributed by atoms with E-state index in [9.17, 15) is 0 Å². The van der Waals surface area contributed by atoms with Crippen molar-refractivity contribution >= 4 is 81.3 Å². The smallest absolute Gasteiger partial charge is 0.159 e. The maximum atomic E-state index is 6.67. The van der Waals surface area contributed by atoms with Gasteiger partial charge in [0, 0.05) is 42.2 Å².